The van der Waals surface area contributed by atoms with Gasteiger partial charge < -0.3 is 5.32 Å². The summed E-state index contributed by atoms with van der Waals surface area (Å²) < 4.78 is 0. The van der Waals surface area contributed by atoms with Gasteiger partial charge in [0.15, 0.2) is 0 Å². The molecule has 84 valence electrons. The maximum Gasteiger partial charge on any atom is 0.113 e. The van der Waals surface area contributed by atoms with Gasteiger partial charge in [0.2, 0.25) is 0 Å². The quantitative estimate of drug-likeness (QED) is 0.835. The third-order valence-electron chi connectivity index (χ3n) is 3.63. The smallest absolute Gasteiger partial charge is 0.113 e. The molecule has 0 unspecified atom stereocenters. The van der Waals surface area contributed by atoms with E-state index in [0.29, 0.717) is 0 Å². The van der Waals surface area contributed by atoms with E-state index >= 15 is 0 Å². The molecular weight excluding hydrogens is 204 g/mol. The first-order chi connectivity index (χ1) is 7.16. The van der Waals surface area contributed by atoms with Crippen LogP contribution in [-0.4, -0.2) is 12.0 Å². The molecule has 1 aliphatic carbocycles. The van der Waals surface area contributed by atoms with E-state index < -0.39 is 0 Å². The second-order valence-electron chi connectivity index (χ2n) is 4.81. The monoisotopic (exact) mass is 224 g/mol. The summed E-state index contributed by atoms with van der Waals surface area (Å²) in [6.45, 7) is 4.43. The summed E-state index contributed by atoms with van der Waals surface area (Å²) in [4.78, 5) is 4.66. The number of rotatable bonds is 2. The molecule has 1 N–H and O–H groups in total. The van der Waals surface area contributed by atoms with E-state index in [1.54, 1.807) is 0 Å². The van der Waals surface area contributed by atoms with Crippen LogP contribution in [0, 0.1) is 12.8 Å². The zero-order chi connectivity index (χ0) is 10.9. The number of thiazole rings is 1. The predicted molar refractivity (Wildman–Crippen MR) is 65.2 cm³/mol. The highest BCUT2D eigenvalue weighted by Crippen LogP contribution is 2.40. The van der Waals surface area contributed by atoms with Crippen LogP contribution in [0.5, 0.6) is 0 Å². The third-order valence-corrected chi connectivity index (χ3v) is 4.80. The SMILES string of the molecule is CNC1(c2nc(C)cs2)CCC(C)CC1. The molecule has 0 amide bonds. The van der Waals surface area contributed by atoms with Crippen molar-refractivity contribution >= 4 is 11.3 Å². The lowest BCUT2D eigenvalue weighted by Gasteiger charge is -2.37. The Kier molecular flexibility index (Phi) is 3.12. The molecule has 1 fully saturated rings. The fourth-order valence-electron chi connectivity index (χ4n) is 2.40. The van der Waals surface area contributed by atoms with Gasteiger partial charge in [0.25, 0.3) is 0 Å². The molecule has 15 heavy (non-hydrogen) atoms. The van der Waals surface area contributed by atoms with E-state index in [9.17, 15) is 0 Å². The minimum Gasteiger partial charge on any atom is -0.308 e. The van der Waals surface area contributed by atoms with E-state index in [1.165, 1.54) is 30.7 Å². The molecule has 2 rings (SSSR count). The van der Waals surface area contributed by atoms with Crippen molar-refractivity contribution in [2.24, 2.45) is 5.92 Å². The standard InChI is InChI=1S/C12H20N2S/c1-9-4-6-12(13-3,7-5-9)11-14-10(2)8-15-11/h8-9,13H,4-7H2,1-3H3. The van der Waals surface area contributed by atoms with Gasteiger partial charge in [-0.05, 0) is 45.6 Å². The molecule has 0 aromatic carbocycles. The van der Waals surface area contributed by atoms with Crippen molar-refractivity contribution in [1.29, 1.82) is 0 Å². The topological polar surface area (TPSA) is 24.9 Å². The number of nitrogens with zero attached hydrogens (tertiary/aromatic N) is 1. The predicted octanol–water partition coefficient (Wildman–Crippen LogP) is 3.08. The van der Waals surface area contributed by atoms with Gasteiger partial charge in [-0.15, -0.1) is 11.3 Å². The highest BCUT2D eigenvalue weighted by atomic mass is 32.1. The summed E-state index contributed by atoms with van der Waals surface area (Å²) in [5.41, 5.74) is 1.33. The zero-order valence-electron chi connectivity index (χ0n) is 9.84. The fraction of sp³-hybridized carbons (Fsp3) is 0.750. The summed E-state index contributed by atoms with van der Waals surface area (Å²) >= 11 is 1.81. The largest absolute Gasteiger partial charge is 0.308 e. The Morgan fingerprint density at radius 1 is 1.47 bits per heavy atom. The molecule has 0 radical (unpaired) electrons. The van der Waals surface area contributed by atoms with Crippen LogP contribution in [0.25, 0.3) is 0 Å². The van der Waals surface area contributed by atoms with Gasteiger partial charge in [0.1, 0.15) is 5.01 Å². The van der Waals surface area contributed by atoms with Crippen LogP contribution in [-0.2, 0) is 5.54 Å². The minimum atomic E-state index is 0.172. The average Bonchev–Trinajstić information content (AvgIpc) is 2.67. The third kappa shape index (κ3) is 2.08. The summed E-state index contributed by atoms with van der Waals surface area (Å²) in [5.74, 6) is 0.882. The summed E-state index contributed by atoms with van der Waals surface area (Å²) in [6.07, 6.45) is 5.11. The van der Waals surface area contributed by atoms with E-state index in [1.807, 2.05) is 11.3 Å². The van der Waals surface area contributed by atoms with Crippen molar-refractivity contribution in [3.63, 3.8) is 0 Å². The van der Waals surface area contributed by atoms with Crippen molar-refractivity contribution in [2.75, 3.05) is 7.05 Å². The highest BCUT2D eigenvalue weighted by molar-refractivity contribution is 7.09. The van der Waals surface area contributed by atoms with Gasteiger partial charge in [0.05, 0.1) is 5.54 Å². The van der Waals surface area contributed by atoms with Gasteiger partial charge in [-0.3, -0.25) is 0 Å². The Morgan fingerprint density at radius 2 is 2.13 bits per heavy atom. The second kappa shape index (κ2) is 4.22. The molecule has 1 aromatic heterocycles. The van der Waals surface area contributed by atoms with E-state index in [0.717, 1.165) is 11.6 Å². The molecule has 2 nitrogen and oxygen atoms in total. The molecular formula is C12H20N2S. The number of hydrogen-bond donors (Lipinski definition) is 1. The molecule has 0 bridgehead atoms. The van der Waals surface area contributed by atoms with Crippen LogP contribution in [0.3, 0.4) is 0 Å². The van der Waals surface area contributed by atoms with E-state index in [4.69, 9.17) is 0 Å². The van der Waals surface area contributed by atoms with Crippen LogP contribution in [0.2, 0.25) is 0 Å². The lowest BCUT2D eigenvalue weighted by molar-refractivity contribution is 0.208. The van der Waals surface area contributed by atoms with Crippen molar-refractivity contribution < 1.29 is 0 Å². The Hall–Kier alpha value is -0.410. The van der Waals surface area contributed by atoms with Crippen LogP contribution >= 0.6 is 11.3 Å². The maximum absolute atomic E-state index is 4.66. The summed E-state index contributed by atoms with van der Waals surface area (Å²) in [5, 5.41) is 6.96. The first kappa shape index (κ1) is 11.1. The number of nitrogens with one attached hydrogen (secondary N) is 1. The van der Waals surface area contributed by atoms with Crippen LogP contribution in [0.1, 0.15) is 43.3 Å². The van der Waals surface area contributed by atoms with Crippen molar-refractivity contribution in [3.8, 4) is 0 Å². The Morgan fingerprint density at radius 3 is 2.60 bits per heavy atom. The number of aromatic nitrogens is 1. The molecule has 1 aliphatic rings. The van der Waals surface area contributed by atoms with Gasteiger partial charge in [-0.2, -0.15) is 0 Å². The molecule has 0 aliphatic heterocycles. The minimum absolute atomic E-state index is 0.172. The zero-order valence-corrected chi connectivity index (χ0v) is 10.7. The van der Waals surface area contributed by atoms with Gasteiger partial charge in [0, 0.05) is 11.1 Å². The van der Waals surface area contributed by atoms with Gasteiger partial charge >= 0.3 is 0 Å². The van der Waals surface area contributed by atoms with Gasteiger partial charge in [-0.1, -0.05) is 6.92 Å². The van der Waals surface area contributed by atoms with Crippen LogP contribution in [0.4, 0.5) is 0 Å². The summed E-state index contributed by atoms with van der Waals surface area (Å²) in [6, 6.07) is 0. The fourth-order valence-corrected chi connectivity index (χ4v) is 3.46. The lowest BCUT2D eigenvalue weighted by Crippen LogP contribution is -2.42. The van der Waals surface area contributed by atoms with E-state index in [2.05, 4.69) is 36.6 Å². The van der Waals surface area contributed by atoms with E-state index in [-0.39, 0.29) is 5.54 Å². The van der Waals surface area contributed by atoms with Crippen molar-refractivity contribution in [3.05, 3.63) is 16.1 Å². The Labute approximate surface area is 96.1 Å². The number of hydrogen-bond acceptors (Lipinski definition) is 3. The van der Waals surface area contributed by atoms with Crippen molar-refractivity contribution in [1.82, 2.24) is 10.3 Å². The normalized spacial score (nSPS) is 31.8. The van der Waals surface area contributed by atoms with Crippen molar-refractivity contribution in [2.45, 2.75) is 45.1 Å². The average molecular weight is 224 g/mol. The van der Waals surface area contributed by atoms with Crippen LogP contribution < -0.4 is 5.32 Å². The molecule has 0 spiro atoms. The lowest BCUT2D eigenvalue weighted by atomic mass is 9.77. The maximum atomic E-state index is 4.66. The molecule has 1 saturated carbocycles. The Bertz CT molecular complexity index is 324. The summed E-state index contributed by atoms with van der Waals surface area (Å²) in [7, 11) is 2.08. The molecule has 1 heterocycles. The first-order valence-electron chi connectivity index (χ1n) is 5.78. The van der Waals surface area contributed by atoms with Crippen LogP contribution in [0.15, 0.2) is 5.38 Å². The molecule has 1 aromatic rings. The number of aryl methyl sites for hydroxylation is 1. The van der Waals surface area contributed by atoms with Gasteiger partial charge in [-0.25, -0.2) is 4.98 Å². The molecule has 0 saturated heterocycles. The molecule has 3 heteroatoms. The highest BCUT2D eigenvalue weighted by Gasteiger charge is 2.36. The first-order valence-corrected chi connectivity index (χ1v) is 6.66. The second-order valence-corrected chi connectivity index (χ2v) is 5.67. The Balaban J connectivity index is 2.22. The molecule has 0 atom stereocenters.